The van der Waals surface area contributed by atoms with Gasteiger partial charge >= 0.3 is 0 Å². The van der Waals surface area contributed by atoms with E-state index in [4.69, 9.17) is 18.9 Å². The molecule has 4 heteroatoms. The van der Waals surface area contributed by atoms with E-state index in [-0.39, 0.29) is 12.2 Å². The van der Waals surface area contributed by atoms with Crippen molar-refractivity contribution < 1.29 is 18.9 Å². The number of hydrogen-bond acceptors (Lipinski definition) is 4. The summed E-state index contributed by atoms with van der Waals surface area (Å²) in [5.41, 5.74) is 0. The minimum Gasteiger partial charge on any atom is -0.463 e. The summed E-state index contributed by atoms with van der Waals surface area (Å²) in [7, 11) is 0. The van der Waals surface area contributed by atoms with Gasteiger partial charge in [0.25, 0.3) is 5.95 Å². The Morgan fingerprint density at radius 2 is 1.79 bits per heavy atom. The predicted octanol–water partition coefficient (Wildman–Crippen LogP) is 1.19. The first kappa shape index (κ1) is 9.55. The van der Waals surface area contributed by atoms with Crippen molar-refractivity contribution in [2.24, 2.45) is 0 Å². The van der Waals surface area contributed by atoms with Crippen molar-refractivity contribution in [1.82, 2.24) is 0 Å². The van der Waals surface area contributed by atoms with Crippen LogP contribution in [-0.2, 0) is 18.9 Å². The van der Waals surface area contributed by atoms with Gasteiger partial charge in [-0.25, -0.2) is 0 Å². The summed E-state index contributed by atoms with van der Waals surface area (Å²) in [5, 5.41) is 0. The molecule has 2 aliphatic heterocycles. The molecule has 2 aliphatic rings. The Kier molecular flexibility index (Phi) is 2.25. The second-order valence-corrected chi connectivity index (χ2v) is 3.53. The Morgan fingerprint density at radius 3 is 2.21 bits per heavy atom. The molecule has 0 radical (unpaired) electrons. The molecule has 2 saturated heterocycles. The van der Waals surface area contributed by atoms with Crippen LogP contribution in [0.2, 0.25) is 0 Å². The zero-order valence-corrected chi connectivity index (χ0v) is 8.19. The minimum absolute atomic E-state index is 0.114. The van der Waals surface area contributed by atoms with Crippen LogP contribution in [0.15, 0.2) is 25.2 Å². The Labute approximate surface area is 83.1 Å². The summed E-state index contributed by atoms with van der Waals surface area (Å²) < 4.78 is 21.7. The van der Waals surface area contributed by atoms with Crippen LogP contribution >= 0.6 is 0 Å². The molecule has 0 aliphatic carbocycles. The van der Waals surface area contributed by atoms with Crippen LogP contribution < -0.4 is 0 Å². The maximum absolute atomic E-state index is 5.64. The molecule has 2 fully saturated rings. The van der Waals surface area contributed by atoms with E-state index in [1.807, 2.05) is 6.92 Å². The fraction of sp³-hybridized carbons (Fsp3) is 0.600. The van der Waals surface area contributed by atoms with Crippen molar-refractivity contribution in [3.63, 3.8) is 0 Å². The van der Waals surface area contributed by atoms with Crippen molar-refractivity contribution in [3.8, 4) is 0 Å². The van der Waals surface area contributed by atoms with Crippen LogP contribution in [0, 0.1) is 0 Å². The van der Waals surface area contributed by atoms with Gasteiger partial charge in [-0.05, 0) is 19.6 Å². The topological polar surface area (TPSA) is 36.9 Å². The highest BCUT2D eigenvalue weighted by Crippen LogP contribution is 2.31. The van der Waals surface area contributed by atoms with Crippen LogP contribution in [0.25, 0.3) is 0 Å². The van der Waals surface area contributed by atoms with Gasteiger partial charge in [-0.2, -0.15) is 0 Å². The Bertz CT molecular complexity index is 243. The fourth-order valence-corrected chi connectivity index (χ4v) is 1.55. The summed E-state index contributed by atoms with van der Waals surface area (Å²) in [6.07, 6.45) is 1.41. The predicted molar refractivity (Wildman–Crippen MR) is 49.4 cm³/mol. The standard InChI is InChI=1S/C10H14O4/c1-4-10(3)13-8-5-11-7(2)12-6-9(8)14-10/h4,8-9H,1-2,5-6H2,3H3. The van der Waals surface area contributed by atoms with Gasteiger partial charge in [0.15, 0.2) is 5.79 Å². The van der Waals surface area contributed by atoms with Crippen molar-refractivity contribution >= 4 is 0 Å². The number of rotatable bonds is 1. The van der Waals surface area contributed by atoms with Crippen molar-refractivity contribution in [2.45, 2.75) is 24.9 Å². The lowest BCUT2D eigenvalue weighted by Crippen LogP contribution is -2.27. The molecule has 0 amide bonds. The van der Waals surface area contributed by atoms with Gasteiger partial charge in [-0.3, -0.25) is 0 Å². The summed E-state index contributed by atoms with van der Waals surface area (Å²) >= 11 is 0. The van der Waals surface area contributed by atoms with E-state index in [9.17, 15) is 0 Å². The third-order valence-corrected chi connectivity index (χ3v) is 2.37. The molecule has 0 aromatic heterocycles. The molecule has 4 nitrogen and oxygen atoms in total. The van der Waals surface area contributed by atoms with E-state index < -0.39 is 5.79 Å². The van der Waals surface area contributed by atoms with Crippen LogP contribution in [0.5, 0.6) is 0 Å². The molecular weight excluding hydrogens is 184 g/mol. The zero-order chi connectivity index (χ0) is 10.2. The summed E-state index contributed by atoms with van der Waals surface area (Å²) in [4.78, 5) is 0. The molecule has 2 rings (SSSR count). The maximum Gasteiger partial charge on any atom is 0.271 e. The summed E-state index contributed by atoms with van der Waals surface area (Å²) in [5.74, 6) is -0.396. The highest BCUT2D eigenvalue weighted by atomic mass is 16.8. The number of fused-ring (bicyclic) bond motifs is 1. The zero-order valence-electron chi connectivity index (χ0n) is 8.19. The maximum atomic E-state index is 5.64. The van der Waals surface area contributed by atoms with Gasteiger partial charge in [-0.1, -0.05) is 6.58 Å². The average Bonchev–Trinajstić information content (AvgIpc) is 2.41. The smallest absolute Gasteiger partial charge is 0.271 e. The van der Waals surface area contributed by atoms with Gasteiger partial charge < -0.3 is 18.9 Å². The van der Waals surface area contributed by atoms with E-state index in [1.54, 1.807) is 6.08 Å². The second kappa shape index (κ2) is 3.29. The Morgan fingerprint density at radius 1 is 1.29 bits per heavy atom. The fourth-order valence-electron chi connectivity index (χ4n) is 1.55. The summed E-state index contributed by atoms with van der Waals surface area (Å²) in [6, 6.07) is 0. The molecule has 0 saturated carbocycles. The lowest BCUT2D eigenvalue weighted by atomic mass is 10.2. The normalized spacial score (nSPS) is 41.9. The van der Waals surface area contributed by atoms with Gasteiger partial charge in [0.1, 0.15) is 25.4 Å². The molecular formula is C10H14O4. The highest BCUT2D eigenvalue weighted by Gasteiger charge is 2.44. The Hall–Kier alpha value is -1.00. The summed E-state index contributed by atoms with van der Waals surface area (Å²) in [6.45, 7) is 9.89. The SMILES string of the molecule is C=CC1(C)OC2COC(=C)OCC2O1. The monoisotopic (exact) mass is 198 g/mol. The van der Waals surface area contributed by atoms with Crippen molar-refractivity contribution in [1.29, 1.82) is 0 Å². The molecule has 14 heavy (non-hydrogen) atoms. The van der Waals surface area contributed by atoms with Gasteiger partial charge in [0.05, 0.1) is 0 Å². The largest absolute Gasteiger partial charge is 0.463 e. The van der Waals surface area contributed by atoms with Crippen LogP contribution in [0.1, 0.15) is 6.92 Å². The molecule has 2 unspecified atom stereocenters. The molecule has 0 aromatic carbocycles. The first-order valence-corrected chi connectivity index (χ1v) is 4.57. The number of hydrogen-bond donors (Lipinski definition) is 0. The highest BCUT2D eigenvalue weighted by molar-refractivity contribution is 4.95. The molecule has 0 bridgehead atoms. The molecule has 2 atom stereocenters. The van der Waals surface area contributed by atoms with E-state index in [1.165, 1.54) is 0 Å². The molecule has 0 N–H and O–H groups in total. The van der Waals surface area contributed by atoms with Crippen LogP contribution in [0.3, 0.4) is 0 Å². The third kappa shape index (κ3) is 1.63. The molecule has 78 valence electrons. The molecule has 0 aromatic rings. The third-order valence-electron chi connectivity index (χ3n) is 2.37. The van der Waals surface area contributed by atoms with E-state index in [0.717, 1.165) is 0 Å². The van der Waals surface area contributed by atoms with E-state index >= 15 is 0 Å². The lowest BCUT2D eigenvalue weighted by Gasteiger charge is -2.19. The van der Waals surface area contributed by atoms with Gasteiger partial charge in [-0.15, -0.1) is 0 Å². The first-order valence-electron chi connectivity index (χ1n) is 4.57. The van der Waals surface area contributed by atoms with Gasteiger partial charge in [0.2, 0.25) is 0 Å². The van der Waals surface area contributed by atoms with Crippen molar-refractivity contribution in [2.75, 3.05) is 13.2 Å². The second-order valence-electron chi connectivity index (χ2n) is 3.53. The quantitative estimate of drug-likeness (QED) is 0.593. The van der Waals surface area contributed by atoms with E-state index in [0.29, 0.717) is 19.2 Å². The number of ether oxygens (including phenoxy) is 4. The van der Waals surface area contributed by atoms with Crippen LogP contribution in [-0.4, -0.2) is 31.2 Å². The lowest BCUT2D eigenvalue weighted by molar-refractivity contribution is -0.138. The first-order chi connectivity index (χ1) is 6.63. The van der Waals surface area contributed by atoms with E-state index in [2.05, 4.69) is 13.2 Å². The molecule has 2 heterocycles. The Balaban J connectivity index is 2.07. The average molecular weight is 198 g/mol. The minimum atomic E-state index is -0.722. The molecule has 0 spiro atoms. The van der Waals surface area contributed by atoms with Crippen molar-refractivity contribution in [3.05, 3.63) is 25.2 Å². The van der Waals surface area contributed by atoms with Gasteiger partial charge in [0, 0.05) is 0 Å². The van der Waals surface area contributed by atoms with Crippen LogP contribution in [0.4, 0.5) is 0 Å².